The topological polar surface area (TPSA) is 55.2 Å². The number of halogens is 2. The molecule has 1 fully saturated rings. The van der Waals surface area contributed by atoms with Gasteiger partial charge in [-0.25, -0.2) is 0 Å². The van der Waals surface area contributed by atoms with Gasteiger partial charge < -0.3 is 5.32 Å². The summed E-state index contributed by atoms with van der Waals surface area (Å²) in [7, 11) is 0. The van der Waals surface area contributed by atoms with E-state index in [2.05, 4.69) is 12.2 Å². The average molecular weight is 289 g/mol. The second-order valence-corrected chi connectivity index (χ2v) is 5.75. The number of anilines is 1. The van der Waals surface area contributed by atoms with Crippen molar-refractivity contribution in [1.82, 2.24) is 0 Å². The lowest BCUT2D eigenvalue weighted by molar-refractivity contribution is -0.384. The minimum Gasteiger partial charge on any atom is -0.374 e. The fourth-order valence-corrected chi connectivity index (χ4v) is 2.71. The predicted molar refractivity (Wildman–Crippen MR) is 73.6 cm³/mol. The molecule has 98 valence electrons. The van der Waals surface area contributed by atoms with E-state index in [9.17, 15) is 10.1 Å². The normalized spacial score (nSPS) is 17.7. The first-order valence-electron chi connectivity index (χ1n) is 5.83. The monoisotopic (exact) mass is 288 g/mol. The molecular weight excluding hydrogens is 275 g/mol. The van der Waals surface area contributed by atoms with E-state index in [1.54, 1.807) is 0 Å². The fraction of sp³-hybridized carbons (Fsp3) is 0.500. The zero-order chi connectivity index (χ0) is 13.3. The number of rotatable bonds is 3. The minimum absolute atomic E-state index is 0.0301. The Morgan fingerprint density at radius 3 is 2.39 bits per heavy atom. The number of nitrogens with one attached hydrogen (secondary N) is 1. The maximum Gasteiger partial charge on any atom is 0.293 e. The van der Waals surface area contributed by atoms with Gasteiger partial charge in [-0.3, -0.25) is 10.1 Å². The minimum atomic E-state index is -0.442. The number of nitro benzene ring substituents is 1. The molecule has 0 aromatic heterocycles. The molecule has 18 heavy (non-hydrogen) atoms. The molecule has 6 heteroatoms. The molecule has 0 saturated heterocycles. The van der Waals surface area contributed by atoms with Gasteiger partial charge in [-0.2, -0.15) is 0 Å². The van der Waals surface area contributed by atoms with Crippen molar-refractivity contribution in [3.63, 3.8) is 0 Å². The number of benzene rings is 1. The summed E-state index contributed by atoms with van der Waals surface area (Å²) in [6.45, 7) is 2.08. The molecule has 1 saturated carbocycles. The van der Waals surface area contributed by atoms with Crippen LogP contribution in [0.3, 0.4) is 0 Å². The smallest absolute Gasteiger partial charge is 0.293 e. The van der Waals surface area contributed by atoms with E-state index in [4.69, 9.17) is 23.2 Å². The van der Waals surface area contributed by atoms with E-state index < -0.39 is 4.92 Å². The highest BCUT2D eigenvalue weighted by atomic mass is 35.5. The Bertz CT molecular complexity index is 485. The lowest BCUT2D eigenvalue weighted by atomic mass is 10.00. The summed E-state index contributed by atoms with van der Waals surface area (Å²) < 4.78 is 0. The third kappa shape index (κ3) is 2.70. The Kier molecular flexibility index (Phi) is 3.69. The molecule has 4 nitrogen and oxygen atoms in total. The molecular formula is C12H14Cl2N2O2. The van der Waals surface area contributed by atoms with Crippen LogP contribution in [0.2, 0.25) is 10.0 Å². The molecule has 1 aromatic rings. The molecule has 0 bridgehead atoms. The van der Waals surface area contributed by atoms with Gasteiger partial charge >= 0.3 is 0 Å². The van der Waals surface area contributed by atoms with Crippen LogP contribution in [0.5, 0.6) is 0 Å². The second-order valence-electron chi connectivity index (χ2n) is 4.93. The van der Waals surface area contributed by atoms with Gasteiger partial charge in [0, 0.05) is 11.6 Å². The van der Waals surface area contributed by atoms with E-state index in [1.807, 2.05) is 0 Å². The maximum absolute atomic E-state index is 11.0. The quantitative estimate of drug-likeness (QED) is 0.651. The molecule has 0 unspecified atom stereocenters. The molecule has 1 N–H and O–H groups in total. The highest BCUT2D eigenvalue weighted by molar-refractivity contribution is 6.42. The lowest BCUT2D eigenvalue weighted by Gasteiger charge is -2.26. The van der Waals surface area contributed by atoms with Crippen molar-refractivity contribution >= 4 is 34.6 Å². The number of nitrogens with zero attached hydrogens (tertiary/aromatic N) is 1. The predicted octanol–water partition coefficient (Wildman–Crippen LogP) is 4.65. The van der Waals surface area contributed by atoms with Gasteiger partial charge in [-0.05, 0) is 25.8 Å². The average Bonchev–Trinajstić information content (AvgIpc) is 2.69. The van der Waals surface area contributed by atoms with Crippen LogP contribution in [0, 0.1) is 10.1 Å². The fourth-order valence-electron chi connectivity index (χ4n) is 2.39. The van der Waals surface area contributed by atoms with Gasteiger partial charge in [0.25, 0.3) is 5.69 Å². The van der Waals surface area contributed by atoms with Crippen molar-refractivity contribution in [3.8, 4) is 0 Å². The molecule has 0 radical (unpaired) electrons. The van der Waals surface area contributed by atoms with Gasteiger partial charge in [-0.1, -0.05) is 36.0 Å². The van der Waals surface area contributed by atoms with Crippen LogP contribution in [0.1, 0.15) is 32.6 Å². The number of hydrogen-bond acceptors (Lipinski definition) is 3. The Hall–Kier alpha value is -1.00. The van der Waals surface area contributed by atoms with Crippen LogP contribution >= 0.6 is 23.2 Å². The Morgan fingerprint density at radius 2 is 1.83 bits per heavy atom. The highest BCUT2D eigenvalue weighted by Crippen LogP contribution is 2.39. The van der Waals surface area contributed by atoms with Crippen molar-refractivity contribution in [3.05, 3.63) is 32.3 Å². The summed E-state index contributed by atoms with van der Waals surface area (Å²) in [5.41, 5.74) is 0.318. The first kappa shape index (κ1) is 13.4. The van der Waals surface area contributed by atoms with E-state index in [0.29, 0.717) is 10.7 Å². The summed E-state index contributed by atoms with van der Waals surface area (Å²) in [5.74, 6) is 0. The van der Waals surface area contributed by atoms with Crippen LogP contribution in [0.15, 0.2) is 12.1 Å². The van der Waals surface area contributed by atoms with Crippen molar-refractivity contribution in [2.75, 3.05) is 5.32 Å². The van der Waals surface area contributed by atoms with Crippen LogP contribution in [0.4, 0.5) is 11.4 Å². The van der Waals surface area contributed by atoms with Gasteiger partial charge in [-0.15, -0.1) is 0 Å². The summed E-state index contributed by atoms with van der Waals surface area (Å²) in [6, 6.07) is 2.83. The molecule has 0 heterocycles. The maximum atomic E-state index is 11.0. The summed E-state index contributed by atoms with van der Waals surface area (Å²) in [4.78, 5) is 10.6. The molecule has 1 aliphatic rings. The molecule has 0 aliphatic heterocycles. The zero-order valence-electron chi connectivity index (χ0n) is 10.0. The Balaban J connectivity index is 2.36. The zero-order valence-corrected chi connectivity index (χ0v) is 11.5. The lowest BCUT2D eigenvalue weighted by Crippen LogP contribution is -2.31. The van der Waals surface area contributed by atoms with E-state index in [1.165, 1.54) is 12.1 Å². The van der Waals surface area contributed by atoms with E-state index in [0.717, 1.165) is 25.7 Å². The number of nitro groups is 1. The molecule has 0 amide bonds. The first-order valence-corrected chi connectivity index (χ1v) is 6.58. The SMILES string of the molecule is CC1(Nc2cc(Cl)c(Cl)cc2[N+](=O)[O-])CCCC1. The van der Waals surface area contributed by atoms with Crippen molar-refractivity contribution < 1.29 is 4.92 Å². The third-order valence-electron chi connectivity index (χ3n) is 3.38. The number of hydrogen-bond donors (Lipinski definition) is 1. The summed E-state index contributed by atoms with van der Waals surface area (Å²) in [6.07, 6.45) is 4.28. The summed E-state index contributed by atoms with van der Waals surface area (Å²) in [5, 5.41) is 14.8. The molecule has 1 aliphatic carbocycles. The Morgan fingerprint density at radius 1 is 1.28 bits per heavy atom. The molecule has 0 spiro atoms. The second kappa shape index (κ2) is 4.94. The Labute approximate surface area is 115 Å². The third-order valence-corrected chi connectivity index (χ3v) is 4.10. The van der Waals surface area contributed by atoms with Gasteiger partial charge in [0.15, 0.2) is 0 Å². The summed E-state index contributed by atoms with van der Waals surface area (Å²) >= 11 is 11.7. The molecule has 2 rings (SSSR count). The highest BCUT2D eigenvalue weighted by Gasteiger charge is 2.31. The van der Waals surface area contributed by atoms with Gasteiger partial charge in [0.2, 0.25) is 0 Å². The largest absolute Gasteiger partial charge is 0.374 e. The van der Waals surface area contributed by atoms with Crippen LogP contribution < -0.4 is 5.32 Å². The standard InChI is InChI=1S/C12H14Cl2N2O2/c1-12(4-2-3-5-12)15-10-6-8(13)9(14)7-11(10)16(17)18/h6-7,15H,2-5H2,1H3. The first-order chi connectivity index (χ1) is 8.41. The van der Waals surface area contributed by atoms with Gasteiger partial charge in [0.05, 0.1) is 15.0 Å². The van der Waals surface area contributed by atoms with Crippen molar-refractivity contribution in [1.29, 1.82) is 0 Å². The molecule has 1 aromatic carbocycles. The van der Waals surface area contributed by atoms with Gasteiger partial charge in [0.1, 0.15) is 5.69 Å². The van der Waals surface area contributed by atoms with Crippen LogP contribution in [0.25, 0.3) is 0 Å². The van der Waals surface area contributed by atoms with Crippen LogP contribution in [-0.2, 0) is 0 Å². The van der Waals surface area contributed by atoms with E-state index >= 15 is 0 Å². The van der Waals surface area contributed by atoms with E-state index in [-0.39, 0.29) is 16.2 Å². The van der Waals surface area contributed by atoms with Crippen molar-refractivity contribution in [2.45, 2.75) is 38.1 Å². The van der Waals surface area contributed by atoms with Crippen molar-refractivity contribution in [2.24, 2.45) is 0 Å². The molecule has 0 atom stereocenters. The van der Waals surface area contributed by atoms with Crippen LogP contribution in [-0.4, -0.2) is 10.5 Å².